The quantitative estimate of drug-likeness (QED) is 0.390. The van der Waals surface area contributed by atoms with Crippen molar-refractivity contribution in [3.05, 3.63) is 24.8 Å². The van der Waals surface area contributed by atoms with Gasteiger partial charge in [0.2, 0.25) is 0 Å². The summed E-state index contributed by atoms with van der Waals surface area (Å²) in [5.41, 5.74) is 0. The SMILES string of the molecule is C=CCC[C@@H]1[C@@H](CC(=O)OCC)[C@@H](O)C=C[C@H]1O[Si](C)(C)C(C)(C)C. The zero-order chi connectivity index (χ0) is 19.3. The number of allylic oxidation sites excluding steroid dienone is 1. The van der Waals surface area contributed by atoms with Gasteiger partial charge in [-0.25, -0.2) is 0 Å². The van der Waals surface area contributed by atoms with Crippen LogP contribution >= 0.6 is 0 Å². The molecule has 1 rings (SSSR count). The van der Waals surface area contributed by atoms with Crippen molar-refractivity contribution in [2.75, 3.05) is 6.61 Å². The van der Waals surface area contributed by atoms with Gasteiger partial charge in [-0.05, 0) is 43.8 Å². The average molecular weight is 369 g/mol. The van der Waals surface area contributed by atoms with Gasteiger partial charge < -0.3 is 14.3 Å². The molecule has 0 amide bonds. The molecule has 0 saturated heterocycles. The second kappa shape index (κ2) is 9.15. The standard InChI is InChI=1S/C20H36O4Si/c1-8-10-11-15-16(14-19(22)23-9-2)17(21)12-13-18(15)24-25(6,7)20(3,4)5/h8,12-13,15-18,21H,1,9-11,14H2,2-7H3/t15-,16-,17+,18-/m1/s1. The molecule has 0 fully saturated rings. The summed E-state index contributed by atoms with van der Waals surface area (Å²) in [6.45, 7) is 17.1. The number of ether oxygens (including phenoxy) is 1. The molecule has 0 heterocycles. The van der Waals surface area contributed by atoms with E-state index in [1.54, 1.807) is 13.0 Å². The Morgan fingerprint density at radius 3 is 2.44 bits per heavy atom. The normalized spacial score (nSPS) is 27.2. The van der Waals surface area contributed by atoms with Gasteiger partial charge in [0.25, 0.3) is 0 Å². The van der Waals surface area contributed by atoms with Crippen molar-refractivity contribution in [1.29, 1.82) is 0 Å². The Labute approximate surface area is 154 Å². The van der Waals surface area contributed by atoms with Crippen LogP contribution in [0, 0.1) is 11.8 Å². The van der Waals surface area contributed by atoms with Crippen molar-refractivity contribution in [3.63, 3.8) is 0 Å². The molecule has 0 radical (unpaired) electrons. The van der Waals surface area contributed by atoms with Crippen molar-refractivity contribution < 1.29 is 19.1 Å². The highest BCUT2D eigenvalue weighted by Crippen LogP contribution is 2.41. The van der Waals surface area contributed by atoms with E-state index in [4.69, 9.17) is 9.16 Å². The first-order chi connectivity index (χ1) is 11.5. The third-order valence-electron chi connectivity index (χ3n) is 5.56. The number of esters is 1. The number of rotatable bonds is 8. The van der Waals surface area contributed by atoms with Crippen LogP contribution in [0.15, 0.2) is 24.8 Å². The van der Waals surface area contributed by atoms with Gasteiger partial charge in [-0.3, -0.25) is 4.79 Å². The Balaban J connectivity index is 3.03. The van der Waals surface area contributed by atoms with E-state index < -0.39 is 14.4 Å². The van der Waals surface area contributed by atoms with Crippen LogP contribution in [0.3, 0.4) is 0 Å². The molecule has 0 aliphatic heterocycles. The molecule has 4 atom stereocenters. The van der Waals surface area contributed by atoms with Crippen molar-refractivity contribution in [1.82, 2.24) is 0 Å². The monoisotopic (exact) mass is 368 g/mol. The molecule has 0 aromatic heterocycles. The van der Waals surface area contributed by atoms with Crippen molar-refractivity contribution in [3.8, 4) is 0 Å². The maximum Gasteiger partial charge on any atom is 0.306 e. The van der Waals surface area contributed by atoms with Gasteiger partial charge in [0, 0.05) is 5.92 Å². The molecule has 0 unspecified atom stereocenters. The van der Waals surface area contributed by atoms with Crippen LogP contribution in [0.4, 0.5) is 0 Å². The molecular weight excluding hydrogens is 332 g/mol. The number of hydrogen-bond donors (Lipinski definition) is 1. The summed E-state index contributed by atoms with van der Waals surface area (Å²) < 4.78 is 11.7. The van der Waals surface area contributed by atoms with Crippen LogP contribution in [-0.2, 0) is 14.0 Å². The maximum absolute atomic E-state index is 12.0. The van der Waals surface area contributed by atoms with Gasteiger partial charge in [0.15, 0.2) is 8.32 Å². The van der Waals surface area contributed by atoms with E-state index in [9.17, 15) is 9.90 Å². The molecule has 0 spiro atoms. The summed E-state index contributed by atoms with van der Waals surface area (Å²) in [4.78, 5) is 12.0. The van der Waals surface area contributed by atoms with E-state index in [1.165, 1.54) is 0 Å². The van der Waals surface area contributed by atoms with Crippen molar-refractivity contribution in [2.45, 2.75) is 77.3 Å². The lowest BCUT2D eigenvalue weighted by Crippen LogP contribution is -2.49. The van der Waals surface area contributed by atoms with E-state index in [1.807, 2.05) is 12.2 Å². The largest absolute Gasteiger partial charge is 0.466 e. The number of carbonyl (C=O) groups is 1. The van der Waals surface area contributed by atoms with Gasteiger partial charge >= 0.3 is 5.97 Å². The zero-order valence-corrected chi connectivity index (χ0v) is 17.7. The van der Waals surface area contributed by atoms with Gasteiger partial charge in [-0.2, -0.15) is 0 Å². The first-order valence-electron chi connectivity index (χ1n) is 9.34. The Hall–Kier alpha value is -0.913. The highest BCUT2D eigenvalue weighted by Gasteiger charge is 2.44. The Morgan fingerprint density at radius 2 is 1.92 bits per heavy atom. The molecule has 0 aromatic rings. The van der Waals surface area contributed by atoms with Crippen molar-refractivity contribution in [2.24, 2.45) is 11.8 Å². The summed E-state index contributed by atoms with van der Waals surface area (Å²) >= 11 is 0. The minimum absolute atomic E-state index is 0.0799. The van der Waals surface area contributed by atoms with E-state index >= 15 is 0 Å². The summed E-state index contributed by atoms with van der Waals surface area (Å²) in [5, 5.41) is 10.6. The lowest BCUT2D eigenvalue weighted by Gasteiger charge is -2.44. The lowest BCUT2D eigenvalue weighted by atomic mass is 9.75. The first kappa shape index (κ1) is 22.1. The molecule has 4 nitrogen and oxygen atoms in total. The van der Waals surface area contributed by atoms with Gasteiger partial charge in [0.05, 0.1) is 25.2 Å². The zero-order valence-electron chi connectivity index (χ0n) is 16.7. The highest BCUT2D eigenvalue weighted by molar-refractivity contribution is 6.74. The molecule has 0 saturated carbocycles. The molecule has 5 heteroatoms. The van der Waals surface area contributed by atoms with Crippen LogP contribution in [0.2, 0.25) is 18.1 Å². The lowest BCUT2D eigenvalue weighted by molar-refractivity contribution is -0.146. The fourth-order valence-electron chi connectivity index (χ4n) is 3.02. The third kappa shape index (κ3) is 6.08. The summed E-state index contributed by atoms with van der Waals surface area (Å²) in [7, 11) is -1.95. The van der Waals surface area contributed by atoms with E-state index in [2.05, 4.69) is 40.4 Å². The Bertz CT molecular complexity index is 479. The number of carbonyl (C=O) groups excluding carboxylic acids is 1. The fraction of sp³-hybridized carbons (Fsp3) is 0.750. The predicted molar refractivity (Wildman–Crippen MR) is 105 cm³/mol. The Kier molecular flexibility index (Phi) is 8.10. The summed E-state index contributed by atoms with van der Waals surface area (Å²) in [6, 6.07) is 0. The third-order valence-corrected chi connectivity index (χ3v) is 10.0. The second-order valence-corrected chi connectivity index (χ2v) is 13.2. The van der Waals surface area contributed by atoms with Gasteiger partial charge in [0.1, 0.15) is 0 Å². The van der Waals surface area contributed by atoms with Crippen molar-refractivity contribution >= 4 is 14.3 Å². The van der Waals surface area contributed by atoms with Gasteiger partial charge in [-0.15, -0.1) is 6.58 Å². The molecule has 1 N–H and O–H groups in total. The smallest absolute Gasteiger partial charge is 0.306 e. The van der Waals surface area contributed by atoms with Gasteiger partial charge in [-0.1, -0.05) is 39.0 Å². The van der Waals surface area contributed by atoms with Crippen LogP contribution in [0.25, 0.3) is 0 Å². The first-order valence-corrected chi connectivity index (χ1v) is 12.2. The summed E-state index contributed by atoms with van der Waals surface area (Å²) in [6.07, 6.45) is 6.83. The van der Waals surface area contributed by atoms with Crippen LogP contribution < -0.4 is 0 Å². The van der Waals surface area contributed by atoms with E-state index in [-0.39, 0.29) is 35.4 Å². The molecular formula is C20H36O4Si. The number of aliphatic hydroxyl groups is 1. The maximum atomic E-state index is 12.0. The molecule has 0 bridgehead atoms. The molecule has 144 valence electrons. The number of aliphatic hydroxyl groups excluding tert-OH is 1. The van der Waals surface area contributed by atoms with Crippen LogP contribution in [0.1, 0.15) is 47.0 Å². The fourth-order valence-corrected chi connectivity index (χ4v) is 4.31. The van der Waals surface area contributed by atoms with E-state index in [0.29, 0.717) is 6.61 Å². The molecule has 1 aliphatic rings. The minimum Gasteiger partial charge on any atom is -0.466 e. The predicted octanol–water partition coefficient (Wildman–Crippen LogP) is 4.46. The van der Waals surface area contributed by atoms with Crippen LogP contribution in [-0.4, -0.2) is 38.2 Å². The summed E-state index contributed by atoms with van der Waals surface area (Å²) in [5.74, 6) is -0.355. The highest BCUT2D eigenvalue weighted by atomic mass is 28.4. The topological polar surface area (TPSA) is 55.8 Å². The van der Waals surface area contributed by atoms with Crippen LogP contribution in [0.5, 0.6) is 0 Å². The minimum atomic E-state index is -1.95. The van der Waals surface area contributed by atoms with E-state index in [0.717, 1.165) is 12.8 Å². The molecule has 25 heavy (non-hydrogen) atoms. The second-order valence-electron chi connectivity index (χ2n) is 8.42. The molecule has 0 aromatic carbocycles. The Morgan fingerprint density at radius 1 is 1.28 bits per heavy atom. The average Bonchev–Trinajstić information content (AvgIpc) is 2.48. The number of hydrogen-bond acceptors (Lipinski definition) is 4. The molecule has 1 aliphatic carbocycles.